The van der Waals surface area contributed by atoms with E-state index in [1.54, 1.807) is 0 Å². The highest BCUT2D eigenvalue weighted by Gasteiger charge is 1.92. The van der Waals surface area contributed by atoms with E-state index >= 15 is 0 Å². The minimum atomic E-state index is 1.06. The fraction of sp³-hybridized carbons (Fsp3) is 0.938. The molecular weight excluding hydrogens is 206 g/mol. The van der Waals surface area contributed by atoms with Crippen molar-refractivity contribution in [2.24, 2.45) is 0 Å². The molecular formula is C16H34N. The highest BCUT2D eigenvalue weighted by molar-refractivity contribution is 4.51. The Balaban J connectivity index is 2.85. The predicted octanol–water partition coefficient (Wildman–Crippen LogP) is 5.11. The van der Waals surface area contributed by atoms with Crippen LogP contribution in [0.4, 0.5) is 0 Å². The number of unbranched alkanes of at least 4 members (excludes halogenated alkanes) is 10. The van der Waals surface area contributed by atoms with Gasteiger partial charge < -0.3 is 5.32 Å². The predicted molar refractivity (Wildman–Crippen MR) is 79.3 cm³/mol. The molecule has 0 aliphatic heterocycles. The lowest BCUT2D eigenvalue weighted by molar-refractivity contribution is 0.541. The number of rotatable bonds is 14. The molecule has 0 spiro atoms. The second kappa shape index (κ2) is 16.0. The summed E-state index contributed by atoms with van der Waals surface area (Å²) in [7, 11) is 0. The third kappa shape index (κ3) is 16.0. The molecule has 0 aliphatic rings. The van der Waals surface area contributed by atoms with Gasteiger partial charge >= 0.3 is 0 Å². The molecule has 1 heteroatoms. The number of hydrogen-bond donors (Lipinski definition) is 1. The Bertz CT molecular complexity index is 109. The lowest BCUT2D eigenvalue weighted by Gasteiger charge is -2.04. The van der Waals surface area contributed by atoms with Gasteiger partial charge in [0.25, 0.3) is 0 Å². The average molecular weight is 240 g/mol. The molecule has 0 bridgehead atoms. The summed E-state index contributed by atoms with van der Waals surface area (Å²) in [5, 5.41) is 3.47. The minimum absolute atomic E-state index is 1.06. The molecule has 0 aromatic rings. The molecule has 0 rings (SSSR count). The van der Waals surface area contributed by atoms with Crippen LogP contribution >= 0.6 is 0 Å². The van der Waals surface area contributed by atoms with Crippen molar-refractivity contribution in [1.29, 1.82) is 0 Å². The SMILES string of the molecule is [CH2]CCCNCCCCCCCCCCCC. The molecule has 17 heavy (non-hydrogen) atoms. The second-order valence-electron chi connectivity index (χ2n) is 5.14. The third-order valence-electron chi connectivity index (χ3n) is 3.31. The zero-order valence-corrected chi connectivity index (χ0v) is 12.1. The van der Waals surface area contributed by atoms with E-state index in [4.69, 9.17) is 0 Å². The summed E-state index contributed by atoms with van der Waals surface area (Å²) in [5.41, 5.74) is 0. The van der Waals surface area contributed by atoms with E-state index in [1.807, 2.05) is 0 Å². The topological polar surface area (TPSA) is 12.0 Å². The maximum absolute atomic E-state index is 3.84. The molecule has 0 amide bonds. The van der Waals surface area contributed by atoms with Gasteiger partial charge in [-0.2, -0.15) is 0 Å². The van der Waals surface area contributed by atoms with E-state index in [9.17, 15) is 0 Å². The summed E-state index contributed by atoms with van der Waals surface area (Å²) in [6.45, 7) is 8.48. The largest absolute Gasteiger partial charge is 0.317 e. The first-order chi connectivity index (χ1) is 8.41. The Morgan fingerprint density at radius 2 is 1.12 bits per heavy atom. The molecule has 0 atom stereocenters. The Labute approximate surface area is 110 Å². The second-order valence-corrected chi connectivity index (χ2v) is 5.14. The van der Waals surface area contributed by atoms with E-state index in [0.29, 0.717) is 0 Å². The first-order valence-electron chi connectivity index (χ1n) is 7.91. The maximum Gasteiger partial charge on any atom is -0.00489 e. The normalized spacial score (nSPS) is 10.9. The van der Waals surface area contributed by atoms with Crippen molar-refractivity contribution < 1.29 is 0 Å². The van der Waals surface area contributed by atoms with Crippen LogP contribution in [-0.4, -0.2) is 13.1 Å². The van der Waals surface area contributed by atoms with Gasteiger partial charge in [-0.25, -0.2) is 0 Å². The maximum atomic E-state index is 3.84. The van der Waals surface area contributed by atoms with Crippen LogP contribution < -0.4 is 5.32 Å². The minimum Gasteiger partial charge on any atom is -0.317 e. The smallest absolute Gasteiger partial charge is 0.00489 e. The lowest BCUT2D eigenvalue weighted by atomic mass is 10.1. The molecule has 0 aromatic carbocycles. The third-order valence-corrected chi connectivity index (χ3v) is 3.31. The summed E-state index contributed by atoms with van der Waals surface area (Å²) in [6, 6.07) is 0. The highest BCUT2D eigenvalue weighted by atomic mass is 14.8. The highest BCUT2D eigenvalue weighted by Crippen LogP contribution is 2.10. The Morgan fingerprint density at radius 3 is 1.65 bits per heavy atom. The average Bonchev–Trinajstić information content (AvgIpc) is 2.35. The first-order valence-corrected chi connectivity index (χ1v) is 7.91. The molecule has 0 fully saturated rings. The zero-order valence-electron chi connectivity index (χ0n) is 12.1. The number of hydrogen-bond acceptors (Lipinski definition) is 1. The standard InChI is InChI=1S/C16H34N/c1-3-5-7-8-9-10-11-12-13-14-16-17-15-6-4-2/h17H,2-16H2,1H3. The van der Waals surface area contributed by atoms with Crippen LogP contribution in [0, 0.1) is 6.92 Å². The van der Waals surface area contributed by atoms with Crippen LogP contribution in [0.5, 0.6) is 0 Å². The molecule has 0 heterocycles. The van der Waals surface area contributed by atoms with Crippen LogP contribution in [-0.2, 0) is 0 Å². The summed E-state index contributed by atoms with van der Waals surface area (Å²) >= 11 is 0. The van der Waals surface area contributed by atoms with Crippen LogP contribution in [0.25, 0.3) is 0 Å². The summed E-state index contributed by atoms with van der Waals surface area (Å²) in [4.78, 5) is 0. The first kappa shape index (κ1) is 17.0. The van der Waals surface area contributed by atoms with Gasteiger partial charge in [-0.1, -0.05) is 78.1 Å². The van der Waals surface area contributed by atoms with Gasteiger partial charge in [0, 0.05) is 0 Å². The van der Waals surface area contributed by atoms with Gasteiger partial charge in [0.15, 0.2) is 0 Å². The van der Waals surface area contributed by atoms with Gasteiger partial charge in [0.1, 0.15) is 0 Å². The van der Waals surface area contributed by atoms with E-state index in [1.165, 1.54) is 77.2 Å². The van der Waals surface area contributed by atoms with Crippen molar-refractivity contribution in [2.75, 3.05) is 13.1 Å². The zero-order chi connectivity index (χ0) is 12.6. The quantitative estimate of drug-likeness (QED) is 0.416. The lowest BCUT2D eigenvalue weighted by Crippen LogP contribution is -2.16. The van der Waals surface area contributed by atoms with Gasteiger partial charge in [0.05, 0.1) is 0 Å². The van der Waals surface area contributed by atoms with Crippen molar-refractivity contribution in [3.05, 3.63) is 6.92 Å². The summed E-state index contributed by atoms with van der Waals surface area (Å²) in [6.07, 6.45) is 16.5. The molecule has 0 unspecified atom stereocenters. The van der Waals surface area contributed by atoms with Crippen molar-refractivity contribution in [3.63, 3.8) is 0 Å². The van der Waals surface area contributed by atoms with Crippen LogP contribution in [0.15, 0.2) is 0 Å². The van der Waals surface area contributed by atoms with Gasteiger partial charge in [0.2, 0.25) is 0 Å². The molecule has 0 saturated heterocycles. The molecule has 0 saturated carbocycles. The van der Waals surface area contributed by atoms with E-state index in [-0.39, 0.29) is 0 Å². The monoisotopic (exact) mass is 240 g/mol. The number of nitrogens with one attached hydrogen (secondary N) is 1. The molecule has 0 aromatic heterocycles. The van der Waals surface area contributed by atoms with Crippen molar-refractivity contribution >= 4 is 0 Å². The Hall–Kier alpha value is -0.0400. The molecule has 1 nitrogen and oxygen atoms in total. The van der Waals surface area contributed by atoms with Gasteiger partial charge in [-0.3, -0.25) is 0 Å². The van der Waals surface area contributed by atoms with Gasteiger partial charge in [-0.15, -0.1) is 0 Å². The van der Waals surface area contributed by atoms with Crippen molar-refractivity contribution in [2.45, 2.75) is 84.0 Å². The summed E-state index contributed by atoms with van der Waals surface area (Å²) < 4.78 is 0. The van der Waals surface area contributed by atoms with Crippen molar-refractivity contribution in [1.82, 2.24) is 5.32 Å². The van der Waals surface area contributed by atoms with Crippen molar-refractivity contribution in [3.8, 4) is 0 Å². The fourth-order valence-electron chi connectivity index (χ4n) is 2.11. The molecule has 1 radical (unpaired) electrons. The van der Waals surface area contributed by atoms with Crippen LogP contribution in [0.2, 0.25) is 0 Å². The Kier molecular flexibility index (Phi) is 15.9. The van der Waals surface area contributed by atoms with E-state index in [0.717, 1.165) is 13.0 Å². The molecule has 0 aliphatic carbocycles. The fourth-order valence-corrected chi connectivity index (χ4v) is 2.11. The molecule has 103 valence electrons. The Morgan fingerprint density at radius 1 is 0.647 bits per heavy atom. The van der Waals surface area contributed by atoms with Gasteiger partial charge in [-0.05, 0) is 25.9 Å². The van der Waals surface area contributed by atoms with Crippen LogP contribution in [0.3, 0.4) is 0 Å². The summed E-state index contributed by atoms with van der Waals surface area (Å²) in [5.74, 6) is 0. The van der Waals surface area contributed by atoms with E-state index in [2.05, 4.69) is 19.2 Å². The van der Waals surface area contributed by atoms with Crippen LogP contribution in [0.1, 0.15) is 84.0 Å². The van der Waals surface area contributed by atoms with E-state index < -0.39 is 0 Å². The molecule has 1 N–H and O–H groups in total.